The normalized spacial score (nSPS) is 19.6. The molecule has 2 fully saturated rings. The highest BCUT2D eigenvalue weighted by molar-refractivity contribution is 5.84. The Morgan fingerprint density at radius 1 is 1.23 bits per heavy atom. The molecular formula is C21H28N4O. The van der Waals surface area contributed by atoms with Gasteiger partial charge in [0.15, 0.2) is 0 Å². The predicted molar refractivity (Wildman–Crippen MR) is 102 cm³/mol. The van der Waals surface area contributed by atoms with Gasteiger partial charge in [-0.25, -0.2) is 0 Å². The number of hydrogen-bond acceptors (Lipinski definition) is 3. The van der Waals surface area contributed by atoms with Crippen LogP contribution in [0.1, 0.15) is 29.8 Å². The Morgan fingerprint density at radius 2 is 1.96 bits per heavy atom. The van der Waals surface area contributed by atoms with Crippen molar-refractivity contribution in [3.05, 3.63) is 53.3 Å². The molecule has 5 heteroatoms. The topological polar surface area (TPSA) is 59.0 Å². The lowest BCUT2D eigenvalue weighted by atomic mass is 9.75. The summed E-state index contributed by atoms with van der Waals surface area (Å²) in [6, 6.07) is 12.4. The zero-order valence-corrected chi connectivity index (χ0v) is 15.7. The summed E-state index contributed by atoms with van der Waals surface area (Å²) in [5.74, 6) is 0.194. The van der Waals surface area contributed by atoms with Gasteiger partial charge in [-0.2, -0.15) is 5.10 Å². The highest BCUT2D eigenvalue weighted by atomic mass is 16.2. The highest BCUT2D eigenvalue weighted by Gasteiger charge is 2.47. The predicted octanol–water partition coefficient (Wildman–Crippen LogP) is 2.23. The summed E-state index contributed by atoms with van der Waals surface area (Å²) in [5, 5.41) is 11.2. The molecule has 2 aromatic rings. The molecule has 1 aliphatic carbocycles. The molecule has 0 spiro atoms. The Balaban J connectivity index is 1.37. The van der Waals surface area contributed by atoms with E-state index < -0.39 is 0 Å². The molecule has 5 nitrogen and oxygen atoms in total. The van der Waals surface area contributed by atoms with Crippen molar-refractivity contribution in [3.8, 4) is 0 Å². The van der Waals surface area contributed by atoms with E-state index in [2.05, 4.69) is 45.5 Å². The van der Waals surface area contributed by atoms with Crippen LogP contribution in [0, 0.1) is 24.7 Å². The number of aromatic nitrogens is 2. The van der Waals surface area contributed by atoms with Crippen LogP contribution in [0.4, 0.5) is 0 Å². The van der Waals surface area contributed by atoms with Crippen LogP contribution < -0.4 is 10.6 Å². The van der Waals surface area contributed by atoms with Crippen molar-refractivity contribution in [2.24, 2.45) is 10.8 Å². The van der Waals surface area contributed by atoms with Gasteiger partial charge in [0.05, 0.1) is 11.1 Å². The molecular weight excluding hydrogens is 324 g/mol. The van der Waals surface area contributed by atoms with E-state index in [-0.39, 0.29) is 16.7 Å². The minimum atomic E-state index is -0.296. The summed E-state index contributed by atoms with van der Waals surface area (Å²) in [6.07, 6.45) is 3.13. The monoisotopic (exact) mass is 352 g/mol. The first-order valence-electron chi connectivity index (χ1n) is 9.54. The number of nitrogens with one attached hydrogen (secondary N) is 2. The van der Waals surface area contributed by atoms with E-state index in [4.69, 9.17) is 0 Å². The van der Waals surface area contributed by atoms with Crippen LogP contribution in [-0.2, 0) is 17.8 Å². The molecule has 0 radical (unpaired) electrons. The molecule has 0 atom stereocenters. The molecule has 1 aliphatic heterocycles. The van der Waals surface area contributed by atoms with Crippen molar-refractivity contribution in [3.63, 3.8) is 0 Å². The standard InChI is InChI=1S/C21H28N4O/c1-16-10-17(2)25(24-16)15-20(8-9-20)12-23-19(26)21(13-22-14-21)11-18-6-4-3-5-7-18/h3-7,10,22H,8-9,11-15H2,1-2H3,(H,23,26). The third-order valence-corrected chi connectivity index (χ3v) is 5.96. The SMILES string of the molecule is Cc1cc(C)n(CC2(CNC(=O)C3(Cc4ccccc4)CNC3)CC2)n1. The Kier molecular flexibility index (Phi) is 4.35. The molecule has 1 saturated carbocycles. The largest absolute Gasteiger partial charge is 0.355 e. The van der Waals surface area contributed by atoms with Crippen molar-refractivity contribution >= 4 is 5.91 Å². The van der Waals surface area contributed by atoms with E-state index >= 15 is 0 Å². The fraction of sp³-hybridized carbons (Fsp3) is 0.524. The Hall–Kier alpha value is -2.14. The van der Waals surface area contributed by atoms with Gasteiger partial charge < -0.3 is 10.6 Å². The Labute approximate surface area is 155 Å². The molecule has 1 amide bonds. The fourth-order valence-electron chi connectivity index (χ4n) is 3.95. The minimum absolute atomic E-state index is 0.185. The number of carbonyl (C=O) groups is 1. The van der Waals surface area contributed by atoms with Crippen LogP contribution in [0.2, 0.25) is 0 Å². The molecule has 1 saturated heterocycles. The van der Waals surface area contributed by atoms with Crippen molar-refractivity contribution in [2.45, 2.75) is 39.7 Å². The highest BCUT2D eigenvalue weighted by Crippen LogP contribution is 2.46. The van der Waals surface area contributed by atoms with Crippen molar-refractivity contribution in [1.29, 1.82) is 0 Å². The van der Waals surface area contributed by atoms with Crippen LogP contribution in [0.5, 0.6) is 0 Å². The maximum atomic E-state index is 13.0. The number of nitrogens with zero attached hydrogens (tertiary/aromatic N) is 2. The van der Waals surface area contributed by atoms with Gasteiger partial charge in [-0.3, -0.25) is 9.48 Å². The average Bonchev–Trinajstić information content (AvgIpc) is 3.28. The van der Waals surface area contributed by atoms with Crippen LogP contribution in [0.15, 0.2) is 36.4 Å². The summed E-state index contributed by atoms with van der Waals surface area (Å²) in [5.41, 5.74) is 3.38. The molecule has 0 unspecified atom stereocenters. The molecule has 0 bridgehead atoms. The molecule has 2 aliphatic rings. The van der Waals surface area contributed by atoms with Crippen molar-refractivity contribution < 1.29 is 4.79 Å². The summed E-state index contributed by atoms with van der Waals surface area (Å²) in [7, 11) is 0. The van der Waals surface area contributed by atoms with Gasteiger partial charge in [-0.05, 0) is 44.7 Å². The first-order chi connectivity index (χ1) is 12.5. The molecule has 1 aromatic carbocycles. The quantitative estimate of drug-likeness (QED) is 0.803. The second-order valence-corrected chi connectivity index (χ2v) is 8.31. The van der Waals surface area contributed by atoms with Gasteiger partial charge in [0, 0.05) is 37.3 Å². The maximum absolute atomic E-state index is 13.0. The van der Waals surface area contributed by atoms with Crippen LogP contribution in [-0.4, -0.2) is 35.3 Å². The number of benzene rings is 1. The van der Waals surface area contributed by atoms with E-state index in [1.165, 1.54) is 11.3 Å². The second kappa shape index (κ2) is 6.54. The summed E-state index contributed by atoms with van der Waals surface area (Å²) < 4.78 is 2.10. The van der Waals surface area contributed by atoms with Gasteiger partial charge in [-0.15, -0.1) is 0 Å². The second-order valence-electron chi connectivity index (χ2n) is 8.31. The zero-order valence-electron chi connectivity index (χ0n) is 15.7. The number of aryl methyl sites for hydroxylation is 2. The van der Waals surface area contributed by atoms with E-state index in [1.54, 1.807) is 0 Å². The fourth-order valence-corrected chi connectivity index (χ4v) is 3.95. The van der Waals surface area contributed by atoms with E-state index in [9.17, 15) is 4.79 Å². The third-order valence-electron chi connectivity index (χ3n) is 5.96. The molecule has 4 rings (SSSR count). The van der Waals surface area contributed by atoms with Gasteiger partial charge >= 0.3 is 0 Å². The molecule has 26 heavy (non-hydrogen) atoms. The van der Waals surface area contributed by atoms with Crippen LogP contribution in [0.25, 0.3) is 0 Å². The van der Waals surface area contributed by atoms with Gasteiger partial charge in [0.25, 0.3) is 0 Å². The number of carbonyl (C=O) groups excluding carboxylic acids is 1. The lowest BCUT2D eigenvalue weighted by molar-refractivity contribution is -0.134. The molecule has 2 N–H and O–H groups in total. The molecule has 1 aromatic heterocycles. The minimum Gasteiger partial charge on any atom is -0.355 e. The van der Waals surface area contributed by atoms with E-state index in [1.807, 2.05) is 25.1 Å². The van der Waals surface area contributed by atoms with E-state index in [0.29, 0.717) is 0 Å². The van der Waals surface area contributed by atoms with Crippen molar-refractivity contribution in [1.82, 2.24) is 20.4 Å². The lowest BCUT2D eigenvalue weighted by Crippen LogP contribution is -2.63. The summed E-state index contributed by atoms with van der Waals surface area (Å²) >= 11 is 0. The van der Waals surface area contributed by atoms with Gasteiger partial charge in [0.1, 0.15) is 0 Å². The van der Waals surface area contributed by atoms with Gasteiger partial charge in [0.2, 0.25) is 5.91 Å². The number of rotatable bonds is 7. The first-order valence-corrected chi connectivity index (χ1v) is 9.54. The maximum Gasteiger partial charge on any atom is 0.229 e. The summed E-state index contributed by atoms with van der Waals surface area (Å²) in [4.78, 5) is 13.0. The summed E-state index contributed by atoms with van der Waals surface area (Å²) in [6.45, 7) is 7.30. The lowest BCUT2D eigenvalue weighted by Gasteiger charge is -2.41. The first kappa shape index (κ1) is 17.3. The molecule has 2 heterocycles. The van der Waals surface area contributed by atoms with E-state index in [0.717, 1.165) is 51.1 Å². The van der Waals surface area contributed by atoms with Crippen molar-refractivity contribution in [2.75, 3.05) is 19.6 Å². The smallest absolute Gasteiger partial charge is 0.229 e. The van der Waals surface area contributed by atoms with Crippen LogP contribution in [0.3, 0.4) is 0 Å². The van der Waals surface area contributed by atoms with Gasteiger partial charge in [-0.1, -0.05) is 30.3 Å². The average molecular weight is 352 g/mol. The Bertz CT molecular complexity index is 788. The number of hydrogen-bond donors (Lipinski definition) is 2. The zero-order chi connectivity index (χ0) is 18.2. The number of amides is 1. The third kappa shape index (κ3) is 3.40. The Morgan fingerprint density at radius 3 is 2.50 bits per heavy atom. The molecule has 138 valence electrons. The van der Waals surface area contributed by atoms with Crippen LogP contribution >= 0.6 is 0 Å².